The van der Waals surface area contributed by atoms with Crippen LogP contribution < -0.4 is 5.32 Å². The Morgan fingerprint density at radius 2 is 2.23 bits per heavy atom. The molecule has 1 aromatic heterocycles. The number of imidazole rings is 1. The van der Waals surface area contributed by atoms with Gasteiger partial charge in [0.15, 0.2) is 0 Å². The van der Waals surface area contributed by atoms with Crippen LogP contribution in [0.25, 0.3) is 17.2 Å². The Bertz CT molecular complexity index is 482. The molecule has 1 aliphatic heterocycles. The van der Waals surface area contributed by atoms with E-state index in [1.54, 1.807) is 0 Å². The third kappa shape index (κ3) is 0.869. The highest BCUT2D eigenvalue weighted by molar-refractivity contribution is 5.81. The van der Waals surface area contributed by atoms with Gasteiger partial charge in [-0.1, -0.05) is 12.1 Å². The van der Waals surface area contributed by atoms with E-state index in [1.807, 2.05) is 18.2 Å². The molecule has 0 atom stereocenters. The maximum atomic E-state index is 4.45. The van der Waals surface area contributed by atoms with Crippen molar-refractivity contribution in [1.29, 1.82) is 0 Å². The minimum Gasteiger partial charge on any atom is -0.352 e. The van der Waals surface area contributed by atoms with Crippen LogP contribution in [-0.2, 0) is 0 Å². The zero-order chi connectivity index (χ0) is 8.67. The van der Waals surface area contributed by atoms with E-state index in [9.17, 15) is 0 Å². The van der Waals surface area contributed by atoms with E-state index in [0.717, 1.165) is 23.5 Å². The number of fused-ring (bicyclic) bond motifs is 3. The zero-order valence-corrected chi connectivity index (χ0v) is 7.07. The molecule has 3 rings (SSSR count). The van der Waals surface area contributed by atoms with Crippen molar-refractivity contribution in [3.8, 4) is 0 Å². The van der Waals surface area contributed by atoms with Gasteiger partial charge in [0.2, 0.25) is 5.95 Å². The predicted molar refractivity (Wildman–Crippen MR) is 53.6 cm³/mol. The Balaban J connectivity index is 2.42. The van der Waals surface area contributed by atoms with Crippen molar-refractivity contribution in [1.82, 2.24) is 9.55 Å². The second kappa shape index (κ2) is 2.36. The van der Waals surface area contributed by atoms with Crippen molar-refractivity contribution in [2.75, 3.05) is 11.9 Å². The van der Waals surface area contributed by atoms with E-state index in [-0.39, 0.29) is 0 Å². The Kier molecular flexibility index (Phi) is 1.22. The number of aromatic nitrogens is 2. The number of rotatable bonds is 0. The monoisotopic (exact) mass is 171 g/mol. The molecule has 1 N–H and O–H groups in total. The summed E-state index contributed by atoms with van der Waals surface area (Å²) in [6.07, 6.45) is 4.14. The lowest BCUT2D eigenvalue weighted by Gasteiger charge is -2.08. The van der Waals surface area contributed by atoms with E-state index in [2.05, 4.69) is 33.2 Å². The molecule has 0 bridgehead atoms. The molecule has 64 valence electrons. The number of anilines is 1. The first-order valence-corrected chi connectivity index (χ1v) is 4.33. The van der Waals surface area contributed by atoms with Crippen molar-refractivity contribution in [2.24, 2.45) is 0 Å². The molecule has 0 radical (unpaired) electrons. The average molecular weight is 171 g/mol. The molecule has 0 saturated heterocycles. The van der Waals surface area contributed by atoms with Crippen LogP contribution in [0.1, 0.15) is 0 Å². The third-order valence-corrected chi connectivity index (χ3v) is 2.23. The van der Waals surface area contributed by atoms with Crippen LogP contribution in [-0.4, -0.2) is 16.1 Å². The molecule has 1 aliphatic rings. The highest BCUT2D eigenvalue weighted by atomic mass is 15.2. The Hall–Kier alpha value is -1.77. The minimum atomic E-state index is 0.864. The van der Waals surface area contributed by atoms with Crippen LogP contribution in [0.15, 0.2) is 30.3 Å². The zero-order valence-electron chi connectivity index (χ0n) is 7.07. The molecule has 0 aliphatic carbocycles. The van der Waals surface area contributed by atoms with Crippen LogP contribution in [0.5, 0.6) is 0 Å². The summed E-state index contributed by atoms with van der Waals surface area (Å²) in [5.74, 6) is 0.934. The van der Waals surface area contributed by atoms with Gasteiger partial charge in [0, 0.05) is 12.7 Å². The first-order chi connectivity index (χ1) is 6.45. The van der Waals surface area contributed by atoms with Crippen molar-refractivity contribution in [2.45, 2.75) is 0 Å². The molecule has 13 heavy (non-hydrogen) atoms. The summed E-state index contributed by atoms with van der Waals surface area (Å²) in [6.45, 7) is 0.864. The first-order valence-electron chi connectivity index (χ1n) is 4.33. The van der Waals surface area contributed by atoms with E-state index in [0.29, 0.717) is 0 Å². The summed E-state index contributed by atoms with van der Waals surface area (Å²) >= 11 is 0. The number of hydrogen-bond donors (Lipinski definition) is 1. The summed E-state index contributed by atoms with van der Waals surface area (Å²) in [4.78, 5) is 4.45. The number of para-hydroxylation sites is 2. The molecule has 0 fully saturated rings. The second-order valence-corrected chi connectivity index (χ2v) is 3.06. The third-order valence-electron chi connectivity index (χ3n) is 2.23. The highest BCUT2D eigenvalue weighted by Crippen LogP contribution is 2.21. The van der Waals surface area contributed by atoms with Gasteiger partial charge in [-0.25, -0.2) is 4.98 Å². The molecular formula is C10H9N3. The number of nitrogens with zero attached hydrogens (tertiary/aromatic N) is 2. The summed E-state index contributed by atoms with van der Waals surface area (Å²) in [6, 6.07) is 8.13. The maximum Gasteiger partial charge on any atom is 0.208 e. The van der Waals surface area contributed by atoms with E-state index in [4.69, 9.17) is 0 Å². The van der Waals surface area contributed by atoms with Crippen molar-refractivity contribution >= 4 is 23.2 Å². The Morgan fingerprint density at radius 3 is 3.23 bits per heavy atom. The fraction of sp³-hybridized carbons (Fsp3) is 0.100. The van der Waals surface area contributed by atoms with Gasteiger partial charge in [-0.15, -0.1) is 0 Å². The largest absolute Gasteiger partial charge is 0.352 e. The van der Waals surface area contributed by atoms with Crippen LogP contribution >= 0.6 is 0 Å². The smallest absolute Gasteiger partial charge is 0.208 e. The lowest BCUT2D eigenvalue weighted by Crippen LogP contribution is -2.08. The average Bonchev–Trinajstić information content (AvgIpc) is 2.56. The Labute approximate surface area is 75.7 Å². The summed E-state index contributed by atoms with van der Waals surface area (Å²) in [5, 5.41) is 3.22. The molecule has 0 amide bonds. The summed E-state index contributed by atoms with van der Waals surface area (Å²) < 4.78 is 2.07. The first kappa shape index (κ1) is 6.71. The molecule has 0 unspecified atom stereocenters. The van der Waals surface area contributed by atoms with Gasteiger partial charge < -0.3 is 5.32 Å². The summed E-state index contributed by atoms with van der Waals surface area (Å²) in [5.41, 5.74) is 2.19. The van der Waals surface area contributed by atoms with Crippen LogP contribution in [0.3, 0.4) is 0 Å². The number of hydrogen-bond acceptors (Lipinski definition) is 2. The molecule has 1 aromatic carbocycles. The lowest BCUT2D eigenvalue weighted by molar-refractivity contribution is 1.09. The molecule has 3 nitrogen and oxygen atoms in total. The summed E-state index contributed by atoms with van der Waals surface area (Å²) in [7, 11) is 0. The van der Waals surface area contributed by atoms with E-state index >= 15 is 0 Å². The molecule has 0 spiro atoms. The fourth-order valence-electron chi connectivity index (χ4n) is 1.63. The second-order valence-electron chi connectivity index (χ2n) is 3.06. The SMILES string of the molecule is C1=Cn2c(nc3ccccc32)NC1. The Morgan fingerprint density at radius 1 is 1.31 bits per heavy atom. The minimum absolute atomic E-state index is 0.864. The molecule has 2 aromatic rings. The molecule has 2 heterocycles. The van der Waals surface area contributed by atoms with E-state index < -0.39 is 0 Å². The molecular weight excluding hydrogens is 162 g/mol. The van der Waals surface area contributed by atoms with Gasteiger partial charge in [0.1, 0.15) is 0 Å². The van der Waals surface area contributed by atoms with Gasteiger partial charge in [0.25, 0.3) is 0 Å². The van der Waals surface area contributed by atoms with Gasteiger partial charge in [-0.05, 0) is 18.2 Å². The van der Waals surface area contributed by atoms with Gasteiger partial charge >= 0.3 is 0 Å². The molecule has 3 heteroatoms. The van der Waals surface area contributed by atoms with Crippen LogP contribution in [0, 0.1) is 0 Å². The molecule has 0 saturated carbocycles. The van der Waals surface area contributed by atoms with Gasteiger partial charge in [0.05, 0.1) is 11.0 Å². The lowest BCUT2D eigenvalue weighted by atomic mass is 10.3. The maximum absolute atomic E-state index is 4.45. The number of nitrogens with one attached hydrogen (secondary N) is 1. The normalized spacial score (nSPS) is 14.2. The fourth-order valence-corrected chi connectivity index (χ4v) is 1.63. The predicted octanol–water partition coefficient (Wildman–Crippen LogP) is 1.93. The quantitative estimate of drug-likeness (QED) is 0.656. The highest BCUT2D eigenvalue weighted by Gasteiger charge is 2.08. The van der Waals surface area contributed by atoms with E-state index in [1.165, 1.54) is 0 Å². The van der Waals surface area contributed by atoms with Gasteiger partial charge in [-0.3, -0.25) is 4.57 Å². The van der Waals surface area contributed by atoms with Crippen LogP contribution in [0.2, 0.25) is 0 Å². The van der Waals surface area contributed by atoms with Crippen molar-refractivity contribution in [3.63, 3.8) is 0 Å². The standard InChI is InChI=1S/C10H9N3/c1-2-5-9-8(4-1)12-10-11-6-3-7-13(9)10/h1-5,7H,6H2,(H,11,12). The van der Waals surface area contributed by atoms with Gasteiger partial charge in [-0.2, -0.15) is 0 Å². The van der Waals surface area contributed by atoms with Crippen LogP contribution in [0.4, 0.5) is 5.95 Å². The van der Waals surface area contributed by atoms with Crippen molar-refractivity contribution < 1.29 is 0 Å². The van der Waals surface area contributed by atoms with Crippen molar-refractivity contribution in [3.05, 3.63) is 30.3 Å². The topological polar surface area (TPSA) is 29.9 Å². The number of benzene rings is 1.